The van der Waals surface area contributed by atoms with Crippen LogP contribution in [0.1, 0.15) is 94.8 Å². The maximum atomic E-state index is 13.8. The second kappa shape index (κ2) is 13.6. The molecule has 3 N–H and O–H groups in total. The monoisotopic (exact) mass is 647 g/mol. The lowest BCUT2D eigenvalue weighted by Crippen LogP contribution is -2.48. The maximum absolute atomic E-state index is 13.8. The van der Waals surface area contributed by atoms with Gasteiger partial charge in [0.25, 0.3) is 17.7 Å². The van der Waals surface area contributed by atoms with E-state index < -0.39 is 41.8 Å². The Labute approximate surface area is 270 Å². The number of benzene rings is 1. The van der Waals surface area contributed by atoms with Crippen LogP contribution >= 0.6 is 11.3 Å². The van der Waals surface area contributed by atoms with Crippen LogP contribution in [0.3, 0.4) is 0 Å². The quantitative estimate of drug-likeness (QED) is 0.300. The van der Waals surface area contributed by atoms with E-state index in [-0.39, 0.29) is 53.7 Å². The van der Waals surface area contributed by atoms with Gasteiger partial charge in [-0.2, -0.15) is 0 Å². The summed E-state index contributed by atoms with van der Waals surface area (Å²) < 4.78 is 7.35. The minimum absolute atomic E-state index is 0.0155. The molecule has 0 radical (unpaired) electrons. The van der Waals surface area contributed by atoms with Crippen LogP contribution in [0.5, 0.6) is 0 Å². The molecule has 3 atom stereocenters. The van der Waals surface area contributed by atoms with Crippen LogP contribution < -0.4 is 16.0 Å². The highest BCUT2D eigenvalue weighted by atomic mass is 32.1. The SMILES string of the molecule is Cc1oc2nc1C(=O)N[C@H](C)CN(C(=O)c1cn(-c3ccccc3)nn1)CC(=O)N[C@@H](C(C)C)c1nc(cs1)C(=O)N[C@@H]2C(C)C. The van der Waals surface area contributed by atoms with Crippen molar-refractivity contribution in [3.63, 3.8) is 0 Å². The van der Waals surface area contributed by atoms with Gasteiger partial charge in [-0.1, -0.05) is 51.1 Å². The molecule has 15 heteroatoms. The molecule has 4 heterocycles. The fourth-order valence-corrected chi connectivity index (χ4v) is 6.07. The lowest BCUT2D eigenvalue weighted by Gasteiger charge is -2.27. The topological polar surface area (TPSA) is 177 Å². The van der Waals surface area contributed by atoms with Gasteiger partial charge in [0.1, 0.15) is 22.5 Å². The second-order valence-corrected chi connectivity index (χ2v) is 12.8. The Morgan fingerprint density at radius 1 is 0.978 bits per heavy atom. The lowest BCUT2D eigenvalue weighted by molar-refractivity contribution is -0.122. The van der Waals surface area contributed by atoms with Crippen LogP contribution in [0, 0.1) is 18.8 Å². The normalized spacial score (nSPS) is 19.8. The van der Waals surface area contributed by atoms with Gasteiger partial charge < -0.3 is 25.3 Å². The maximum Gasteiger partial charge on any atom is 0.276 e. The molecular formula is C31H37N9O5S. The molecule has 4 amide bonds. The van der Waals surface area contributed by atoms with Crippen LogP contribution in [-0.2, 0) is 4.79 Å². The highest BCUT2D eigenvalue weighted by Crippen LogP contribution is 2.27. The largest absolute Gasteiger partial charge is 0.443 e. The van der Waals surface area contributed by atoms with E-state index in [2.05, 4.69) is 36.2 Å². The summed E-state index contributed by atoms with van der Waals surface area (Å²) in [6.07, 6.45) is 1.49. The third kappa shape index (κ3) is 7.14. The predicted molar refractivity (Wildman–Crippen MR) is 168 cm³/mol. The fourth-order valence-electron chi connectivity index (χ4n) is 5.05. The van der Waals surface area contributed by atoms with Crippen LogP contribution in [0.2, 0.25) is 0 Å². The van der Waals surface area contributed by atoms with Gasteiger partial charge in [-0.25, -0.2) is 14.6 Å². The van der Waals surface area contributed by atoms with Crippen molar-refractivity contribution in [1.29, 1.82) is 0 Å². The lowest BCUT2D eigenvalue weighted by atomic mass is 10.0. The number of nitrogens with one attached hydrogen (secondary N) is 3. The van der Waals surface area contributed by atoms with Crippen molar-refractivity contribution in [1.82, 2.24) is 45.8 Å². The Kier molecular flexibility index (Phi) is 9.60. The number of carbonyl (C=O) groups is 4. The van der Waals surface area contributed by atoms with Crippen LogP contribution in [0.15, 0.2) is 46.3 Å². The molecule has 1 aliphatic heterocycles. The second-order valence-electron chi connectivity index (χ2n) is 12.0. The van der Waals surface area contributed by atoms with Crippen molar-refractivity contribution in [2.75, 3.05) is 13.1 Å². The molecule has 0 spiro atoms. The number of aryl methyl sites for hydroxylation is 1. The van der Waals surface area contributed by atoms with E-state index >= 15 is 0 Å². The van der Waals surface area contributed by atoms with Crippen molar-refractivity contribution in [2.45, 2.75) is 59.7 Å². The highest BCUT2D eigenvalue weighted by molar-refractivity contribution is 7.09. The highest BCUT2D eigenvalue weighted by Gasteiger charge is 2.31. The number of carbonyl (C=O) groups excluding carboxylic acids is 4. The van der Waals surface area contributed by atoms with Crippen LogP contribution in [0.25, 0.3) is 5.69 Å². The number of fused-ring (bicyclic) bond motifs is 4. The first-order valence-corrected chi connectivity index (χ1v) is 15.9. The summed E-state index contributed by atoms with van der Waals surface area (Å²) in [7, 11) is 0. The Morgan fingerprint density at radius 3 is 2.39 bits per heavy atom. The first kappa shape index (κ1) is 32.5. The fraction of sp³-hybridized carbons (Fsp3) is 0.419. The number of aromatic nitrogens is 5. The van der Waals surface area contributed by atoms with E-state index in [0.29, 0.717) is 10.7 Å². The van der Waals surface area contributed by atoms with E-state index in [9.17, 15) is 19.2 Å². The third-order valence-corrected chi connectivity index (χ3v) is 8.41. The molecule has 3 aromatic heterocycles. The molecule has 0 saturated heterocycles. The van der Waals surface area contributed by atoms with Gasteiger partial charge in [-0.05, 0) is 37.8 Å². The molecule has 0 saturated carbocycles. The number of hydrogen-bond acceptors (Lipinski definition) is 10. The molecular weight excluding hydrogens is 610 g/mol. The minimum atomic E-state index is -0.632. The zero-order valence-corrected chi connectivity index (χ0v) is 27.3. The number of thiazole rings is 1. The van der Waals surface area contributed by atoms with Crippen molar-refractivity contribution in [3.05, 3.63) is 75.6 Å². The molecule has 46 heavy (non-hydrogen) atoms. The van der Waals surface area contributed by atoms with E-state index in [1.807, 2.05) is 58.0 Å². The summed E-state index contributed by atoms with van der Waals surface area (Å²) >= 11 is 1.26. The molecule has 242 valence electrons. The van der Waals surface area contributed by atoms with Gasteiger partial charge in [0.15, 0.2) is 11.4 Å². The van der Waals surface area contributed by atoms with Gasteiger partial charge in [0.05, 0.1) is 24.5 Å². The molecule has 0 aliphatic carbocycles. The van der Waals surface area contributed by atoms with Gasteiger partial charge in [-0.15, -0.1) is 16.4 Å². The smallest absolute Gasteiger partial charge is 0.276 e. The van der Waals surface area contributed by atoms with Crippen molar-refractivity contribution < 1.29 is 23.6 Å². The van der Waals surface area contributed by atoms with E-state index in [4.69, 9.17) is 4.42 Å². The summed E-state index contributed by atoms with van der Waals surface area (Å²) in [6, 6.07) is 7.44. The number of oxazole rings is 1. The summed E-state index contributed by atoms with van der Waals surface area (Å²) in [6.45, 7) is 10.7. The minimum Gasteiger partial charge on any atom is -0.443 e. The van der Waals surface area contributed by atoms with Gasteiger partial charge >= 0.3 is 0 Å². The predicted octanol–water partition coefficient (Wildman–Crippen LogP) is 3.23. The van der Waals surface area contributed by atoms with E-state index in [1.54, 1.807) is 19.2 Å². The zero-order chi connectivity index (χ0) is 33.1. The number of nitrogens with zero attached hydrogens (tertiary/aromatic N) is 6. The number of amides is 4. The molecule has 0 fully saturated rings. The van der Waals surface area contributed by atoms with Gasteiger partial charge in [0.2, 0.25) is 11.8 Å². The summed E-state index contributed by atoms with van der Waals surface area (Å²) in [5.41, 5.74) is 0.982. The number of rotatable bonds is 4. The summed E-state index contributed by atoms with van der Waals surface area (Å²) in [5.74, 6) is -1.68. The zero-order valence-electron chi connectivity index (χ0n) is 26.5. The molecule has 5 rings (SSSR count). The average molecular weight is 648 g/mol. The van der Waals surface area contributed by atoms with Crippen molar-refractivity contribution in [2.24, 2.45) is 11.8 Å². The Hall–Kier alpha value is -4.92. The van der Waals surface area contributed by atoms with Crippen LogP contribution in [-0.4, -0.2) is 72.6 Å². The van der Waals surface area contributed by atoms with Crippen LogP contribution in [0.4, 0.5) is 0 Å². The third-order valence-electron chi connectivity index (χ3n) is 7.48. The van der Waals surface area contributed by atoms with Gasteiger partial charge in [-0.3, -0.25) is 19.2 Å². The van der Waals surface area contributed by atoms with E-state index in [0.717, 1.165) is 0 Å². The first-order chi connectivity index (χ1) is 21.9. The van der Waals surface area contributed by atoms with Gasteiger partial charge in [0, 0.05) is 18.0 Å². The Bertz CT molecular complexity index is 1730. The van der Waals surface area contributed by atoms with Crippen molar-refractivity contribution in [3.8, 4) is 5.69 Å². The first-order valence-electron chi connectivity index (χ1n) is 15.0. The molecule has 4 aromatic rings. The summed E-state index contributed by atoms with van der Waals surface area (Å²) in [5, 5.41) is 19.1. The number of hydrogen-bond donors (Lipinski definition) is 3. The molecule has 1 aliphatic rings. The molecule has 4 bridgehead atoms. The molecule has 1 aromatic carbocycles. The molecule has 14 nitrogen and oxygen atoms in total. The Morgan fingerprint density at radius 2 is 1.70 bits per heavy atom. The molecule has 0 unspecified atom stereocenters. The Balaban J connectivity index is 1.49. The average Bonchev–Trinajstić information content (AvgIpc) is 3.78. The van der Waals surface area contributed by atoms with Crippen molar-refractivity contribution >= 4 is 35.0 Å². The standard InChI is InChI=1S/C31H37N9O5S/c1-16(2)24-29-36-26(19(6)45-29)28(43)32-18(5)12-39(31(44)21-13-40(38-37-21)20-10-8-7-9-11-20)14-23(41)34-25(17(3)4)30-33-22(15-46-30)27(42)35-24/h7-11,13,15-18,24-25H,12,14H2,1-6H3,(H,32,43)(H,34,41)(H,35,42)/t18-,24-,25+/m1/s1. The van der Waals surface area contributed by atoms with E-state index in [1.165, 1.54) is 27.1 Å². The number of para-hydroxylation sites is 1. The summed E-state index contributed by atoms with van der Waals surface area (Å²) in [4.78, 5) is 64.2.